The highest BCUT2D eigenvalue weighted by Crippen LogP contribution is 2.39. The molecule has 32 heteroatoms. The Labute approximate surface area is 809 Å². The molecule has 136 heavy (non-hydrogen) atoms. The van der Waals surface area contributed by atoms with E-state index >= 15 is 0 Å². The van der Waals surface area contributed by atoms with Crippen molar-refractivity contribution < 1.29 is 118 Å². The molecule has 14 rings (SSSR count). The molecule has 0 atom stereocenters. The second-order valence-electron chi connectivity index (χ2n) is 33.6. The fourth-order valence-electron chi connectivity index (χ4n) is 13.5. The number of hydrogen-bond donors (Lipinski definition) is 7. The zero-order valence-corrected chi connectivity index (χ0v) is 81.4. The average molecular weight is 2010 g/mol. The number of carbonyl (C=O) groups is 6. The van der Waals surface area contributed by atoms with Gasteiger partial charge in [0.25, 0.3) is 0 Å². The maximum absolute atomic E-state index is 14.9. The Kier molecular flexibility index (Phi) is 38.6. The third-order valence-corrected chi connectivity index (χ3v) is 20.8. The van der Waals surface area contributed by atoms with Gasteiger partial charge in [-0.15, -0.1) is 12.4 Å². The van der Waals surface area contributed by atoms with Crippen molar-refractivity contribution in [2.45, 2.75) is 138 Å². The molecule has 0 saturated heterocycles. The van der Waals surface area contributed by atoms with Crippen molar-refractivity contribution >= 4 is 126 Å². The van der Waals surface area contributed by atoms with Crippen LogP contribution < -0.4 is 40.4 Å². The van der Waals surface area contributed by atoms with Gasteiger partial charge in [0.15, 0.2) is 0 Å². The van der Waals surface area contributed by atoms with Crippen molar-refractivity contribution in [3.63, 3.8) is 0 Å². The molecule has 714 valence electrons. The Bertz CT molecular complexity index is 6480. The first-order valence-corrected chi connectivity index (χ1v) is 44.0. The third kappa shape index (κ3) is 32.0. The quantitative estimate of drug-likeness (QED) is 0.0150. The van der Waals surface area contributed by atoms with E-state index in [1.165, 1.54) is 59.8 Å². The van der Waals surface area contributed by atoms with Crippen LogP contribution in [-0.4, -0.2) is 116 Å². The number of aromatic hydroxyl groups is 1. The average Bonchev–Trinajstić information content (AvgIpc) is 1.52. The molecule has 3 heterocycles. The van der Waals surface area contributed by atoms with E-state index in [2.05, 4.69) is 52.5 Å². The molecule has 0 saturated carbocycles. The van der Waals surface area contributed by atoms with Crippen molar-refractivity contribution in [1.82, 2.24) is 16.0 Å². The first kappa shape index (κ1) is 106. The number of halogens is 5. The van der Waals surface area contributed by atoms with Crippen molar-refractivity contribution in [1.29, 1.82) is 0 Å². The molecule has 0 aliphatic carbocycles. The minimum atomic E-state index is -1.78. The molecule has 3 amide bonds. The van der Waals surface area contributed by atoms with Gasteiger partial charge < -0.3 is 96.8 Å². The van der Waals surface area contributed by atoms with Gasteiger partial charge in [-0.3, -0.25) is 14.4 Å². The van der Waals surface area contributed by atoms with Crippen LogP contribution in [0.3, 0.4) is 0 Å². The van der Waals surface area contributed by atoms with Crippen LogP contribution in [0, 0.1) is 11.6 Å². The van der Waals surface area contributed by atoms with Crippen LogP contribution in [0.25, 0.3) is 77.4 Å². The summed E-state index contributed by atoms with van der Waals surface area (Å²) in [5.74, 6) is -0.355. The normalized spacial score (nSPS) is 10.9. The molecular weight excluding hydrogens is 1900 g/mol. The lowest BCUT2D eigenvalue weighted by molar-refractivity contribution is -0.140. The fourth-order valence-corrected chi connectivity index (χ4v) is 14.2. The summed E-state index contributed by atoms with van der Waals surface area (Å²) in [6, 6.07) is 65.3. The Morgan fingerprint density at radius 2 is 0.750 bits per heavy atom. The maximum atomic E-state index is 14.9. The smallest absolute Gasteiger partial charge is 0.491 e. The van der Waals surface area contributed by atoms with E-state index in [0.29, 0.717) is 77.1 Å². The van der Waals surface area contributed by atoms with Crippen LogP contribution in [0.2, 0.25) is 0 Å². The number of hydrogen-bond acceptors (Lipinski definition) is 23. The molecule has 14 aromatic rings. The van der Waals surface area contributed by atoms with Crippen LogP contribution in [0.1, 0.15) is 112 Å². The SMILES string of the molecule is CC(C)(C)OC(=O)NCc1cccc(-c2cc(CO)cc3ccoc23)c1.COC(=O)Cc1ccc(-c2ccc(OC)cc2F)cc1OCc1cc(-c2cccc(CNC(=O)OC(C)(C)C)c2)c2occc2c1.COC(=O)Cc1ccc(Br)cc1O.COC(=O)Cc1ccc(Br)cc1OCc1cc(-c2cccc(CNC(=O)OC(C)(C)C)c2)c2occc2c1.COc1ccc(B(O)O)c(F)c1.Cl. The number of phenolic OH excluding ortho intramolecular Hbond substituents is 1. The van der Waals surface area contributed by atoms with Gasteiger partial charge in [0.2, 0.25) is 0 Å². The highest BCUT2D eigenvalue weighted by molar-refractivity contribution is 9.10. The summed E-state index contributed by atoms with van der Waals surface area (Å²) in [4.78, 5) is 71.0. The van der Waals surface area contributed by atoms with Crippen LogP contribution in [0.4, 0.5) is 23.2 Å². The Balaban J connectivity index is 0.000000206. The van der Waals surface area contributed by atoms with E-state index in [-0.39, 0.29) is 68.0 Å². The van der Waals surface area contributed by atoms with Crippen LogP contribution in [0.15, 0.2) is 259 Å². The maximum Gasteiger partial charge on any atom is 0.491 e. The van der Waals surface area contributed by atoms with Gasteiger partial charge in [0, 0.05) is 101 Å². The number of benzene rings is 11. The summed E-state index contributed by atoms with van der Waals surface area (Å²) in [6.45, 7) is 17.8. The highest BCUT2D eigenvalue weighted by atomic mass is 79.9. The van der Waals surface area contributed by atoms with E-state index in [1.807, 2.05) is 208 Å². The van der Waals surface area contributed by atoms with Crippen molar-refractivity contribution in [2.24, 2.45) is 0 Å². The van der Waals surface area contributed by atoms with Crippen LogP contribution in [0.5, 0.6) is 28.7 Å². The summed E-state index contributed by atoms with van der Waals surface area (Å²) in [5, 5.41) is 47.3. The first-order chi connectivity index (χ1) is 64.3. The molecule has 0 aliphatic heterocycles. The number of ether oxygens (including phenoxy) is 10. The summed E-state index contributed by atoms with van der Waals surface area (Å²) >= 11 is 6.68. The Hall–Kier alpha value is -13.7. The van der Waals surface area contributed by atoms with Gasteiger partial charge in [0.05, 0.1) is 80.2 Å². The van der Waals surface area contributed by atoms with Crippen LogP contribution >= 0.6 is 44.3 Å². The molecular formula is C104H107BBr2ClF2N3O23. The lowest BCUT2D eigenvalue weighted by Gasteiger charge is -2.19. The molecule has 0 fully saturated rings. The fraction of sp³-hybridized carbons (Fsp3) is 0.250. The predicted molar refractivity (Wildman–Crippen MR) is 524 cm³/mol. The molecule has 0 unspecified atom stereocenters. The number of aliphatic hydroxyl groups is 1. The minimum absolute atomic E-state index is 0. The largest absolute Gasteiger partial charge is 0.508 e. The van der Waals surface area contributed by atoms with E-state index in [9.17, 15) is 47.8 Å². The predicted octanol–water partition coefficient (Wildman–Crippen LogP) is 21.8. The number of fused-ring (bicyclic) bond motifs is 3. The number of alkyl carbamates (subject to hydrolysis) is 3. The monoisotopic (exact) mass is 2010 g/mol. The van der Waals surface area contributed by atoms with Gasteiger partial charge >= 0.3 is 43.3 Å². The minimum Gasteiger partial charge on any atom is -0.508 e. The summed E-state index contributed by atoms with van der Waals surface area (Å²) in [6.07, 6.45) is 3.74. The third-order valence-electron chi connectivity index (χ3n) is 19.8. The number of aliphatic hydroxyl groups excluding tert-OH is 1. The number of methoxy groups -OCH3 is 5. The van der Waals surface area contributed by atoms with Crippen molar-refractivity contribution in [2.75, 3.05) is 35.5 Å². The summed E-state index contributed by atoms with van der Waals surface area (Å²) in [7, 11) is 5.12. The van der Waals surface area contributed by atoms with Gasteiger partial charge in [-0.05, 0) is 239 Å². The Morgan fingerprint density at radius 1 is 0.390 bits per heavy atom. The zero-order valence-electron chi connectivity index (χ0n) is 77.4. The topological polar surface area (TPSA) is 351 Å². The molecule has 11 aromatic carbocycles. The van der Waals surface area contributed by atoms with Crippen molar-refractivity contribution in [3.8, 4) is 73.3 Å². The molecule has 26 nitrogen and oxygen atoms in total. The highest BCUT2D eigenvalue weighted by Gasteiger charge is 2.24. The number of rotatable bonds is 26. The van der Waals surface area contributed by atoms with Gasteiger partial charge in [-0.25, -0.2) is 23.2 Å². The number of nitrogens with one attached hydrogen (secondary N) is 3. The summed E-state index contributed by atoms with van der Waals surface area (Å²) < 4.78 is 99.2. The molecule has 0 radical (unpaired) electrons. The molecule has 0 bridgehead atoms. The summed E-state index contributed by atoms with van der Waals surface area (Å²) in [5.41, 5.74) is 14.2. The molecule has 0 aliphatic rings. The number of amides is 3. The van der Waals surface area contributed by atoms with Crippen LogP contribution in [-0.2, 0) is 102 Å². The number of esters is 3. The van der Waals surface area contributed by atoms with Gasteiger partial charge in [-0.1, -0.05) is 117 Å². The van der Waals surface area contributed by atoms with Gasteiger partial charge in [-0.2, -0.15) is 0 Å². The second kappa shape index (κ2) is 49.5. The lowest BCUT2D eigenvalue weighted by Crippen LogP contribution is -2.32. The van der Waals surface area contributed by atoms with Crippen molar-refractivity contribution in [3.05, 3.63) is 308 Å². The van der Waals surface area contributed by atoms with E-state index in [0.717, 1.165) is 115 Å². The van der Waals surface area contributed by atoms with Gasteiger partial charge in [0.1, 0.15) is 87.1 Å². The molecule has 3 aromatic heterocycles. The van der Waals surface area contributed by atoms with E-state index in [4.69, 9.17) is 65.9 Å². The number of furan rings is 3. The number of carbonyl (C=O) groups excluding carboxylic acids is 6. The Morgan fingerprint density at radius 3 is 1.12 bits per heavy atom. The van der Waals surface area contributed by atoms with E-state index in [1.54, 1.807) is 61.3 Å². The number of phenols is 1. The standard InChI is InChI=1S/C37H36FNO7.C30H30BrNO6.C21H23NO4.C9H9BrO3.C7H8BFO3.ClH/c1-37(2,3)46-36(41)39-21-23-7-6-8-25(15-23)31-17-24(16-28-13-14-44-35(28)31)22-45-33-18-26(9-10-27(33)19-34(40)43-5)30-12-11-29(42-4)20-32(30)38;1-30(2,3)38-29(34)32-17-19-6-5-7-21(12-19)25-14-20(13-23-10-11-36-28(23)25)18-37-26-16-24(31)9-8-22(26)15-27(33)35-4;1-21(2,3)26-20(24)22-12-14-5-4-6-16(9-14)18-11-15(13-23)10-17-7-8-25-19(17)18;1-13-9(12)4-6-2-3-7(10)5-8(6)11;1-12-5-2-3-6(8(10)11)7(9)4-5;/h6-18,20H,19,21-22H2,1-5H3,(H,39,41);5-14,16H,15,17-18H2,1-4H3,(H,32,34);4-11,23H,12-13H2,1-3H3,(H,22,24);2-3,5,11H,4H2,1H3;2-4,10-11H,1H3;1H. The second-order valence-corrected chi connectivity index (χ2v) is 35.4. The van der Waals surface area contributed by atoms with E-state index < -0.39 is 59.8 Å². The lowest BCUT2D eigenvalue weighted by atomic mass is 9.80. The molecule has 7 N–H and O–H groups in total. The first-order valence-electron chi connectivity index (χ1n) is 42.5. The zero-order chi connectivity index (χ0) is 97.8. The molecule has 0 spiro atoms.